The van der Waals surface area contributed by atoms with Crippen molar-refractivity contribution in [3.63, 3.8) is 0 Å². The molecule has 1 fully saturated rings. The lowest BCUT2D eigenvalue weighted by Gasteiger charge is -2.37. The van der Waals surface area contributed by atoms with E-state index in [2.05, 4.69) is 46.0 Å². The van der Waals surface area contributed by atoms with E-state index in [1.54, 1.807) is 5.56 Å². The molecule has 1 aromatic rings. The zero-order valence-corrected chi connectivity index (χ0v) is 10.4. The Kier molecular flexibility index (Phi) is 2.59. The molecule has 1 aromatic carbocycles. The van der Waals surface area contributed by atoms with Gasteiger partial charge in [0.05, 0.1) is 0 Å². The molecule has 1 aliphatic rings. The first-order valence-corrected chi connectivity index (χ1v) is 5.84. The molecule has 1 N–H and O–H groups in total. The highest BCUT2D eigenvalue weighted by molar-refractivity contribution is 5.46. The van der Waals surface area contributed by atoms with Gasteiger partial charge in [-0.15, -0.1) is 0 Å². The van der Waals surface area contributed by atoms with Crippen LogP contribution < -0.4 is 5.32 Å². The Morgan fingerprint density at radius 3 is 1.93 bits per heavy atom. The first kappa shape index (κ1) is 10.7. The largest absolute Gasteiger partial charge is 0.307 e. The average molecular weight is 203 g/mol. The van der Waals surface area contributed by atoms with Crippen molar-refractivity contribution in [2.75, 3.05) is 0 Å². The number of hydrogen-bond acceptors (Lipinski definition) is 1. The van der Waals surface area contributed by atoms with E-state index in [-0.39, 0.29) is 0 Å². The van der Waals surface area contributed by atoms with Gasteiger partial charge < -0.3 is 5.32 Å². The molecule has 0 aliphatic carbocycles. The minimum Gasteiger partial charge on any atom is -0.307 e. The van der Waals surface area contributed by atoms with Crippen molar-refractivity contribution in [2.24, 2.45) is 0 Å². The van der Waals surface area contributed by atoms with Gasteiger partial charge in [0.25, 0.3) is 0 Å². The SMILES string of the molecule is Cc1cc(C)c(C)c(C2CC(C)N2)c1C. The molecule has 0 spiro atoms. The third kappa shape index (κ3) is 1.69. The maximum Gasteiger partial charge on any atom is 0.0342 e. The van der Waals surface area contributed by atoms with Gasteiger partial charge in [-0.1, -0.05) is 6.07 Å². The van der Waals surface area contributed by atoms with E-state index in [9.17, 15) is 0 Å². The summed E-state index contributed by atoms with van der Waals surface area (Å²) in [7, 11) is 0. The molecule has 0 radical (unpaired) electrons. The molecule has 0 amide bonds. The van der Waals surface area contributed by atoms with Crippen LogP contribution in [0.1, 0.15) is 47.2 Å². The Bertz CT molecular complexity index is 361. The summed E-state index contributed by atoms with van der Waals surface area (Å²) >= 11 is 0. The summed E-state index contributed by atoms with van der Waals surface area (Å²) < 4.78 is 0. The number of hydrogen-bond donors (Lipinski definition) is 1. The van der Waals surface area contributed by atoms with Crippen LogP contribution in [0.2, 0.25) is 0 Å². The van der Waals surface area contributed by atoms with Crippen LogP contribution in [-0.2, 0) is 0 Å². The normalized spacial score (nSPS) is 25.1. The van der Waals surface area contributed by atoms with Crippen molar-refractivity contribution in [2.45, 2.75) is 53.1 Å². The van der Waals surface area contributed by atoms with Crippen LogP contribution in [0.5, 0.6) is 0 Å². The van der Waals surface area contributed by atoms with E-state index in [0.717, 1.165) is 0 Å². The van der Waals surface area contributed by atoms with Crippen molar-refractivity contribution in [1.29, 1.82) is 0 Å². The van der Waals surface area contributed by atoms with E-state index in [1.165, 1.54) is 28.7 Å². The number of nitrogens with one attached hydrogen (secondary N) is 1. The van der Waals surface area contributed by atoms with Crippen LogP contribution >= 0.6 is 0 Å². The molecular formula is C14H21N. The maximum atomic E-state index is 3.60. The smallest absolute Gasteiger partial charge is 0.0342 e. The van der Waals surface area contributed by atoms with Crippen molar-refractivity contribution in [3.8, 4) is 0 Å². The van der Waals surface area contributed by atoms with Crippen molar-refractivity contribution in [1.82, 2.24) is 5.32 Å². The van der Waals surface area contributed by atoms with Crippen LogP contribution in [0.15, 0.2) is 6.07 Å². The summed E-state index contributed by atoms with van der Waals surface area (Å²) in [6.07, 6.45) is 1.28. The summed E-state index contributed by atoms with van der Waals surface area (Å²) in [5.74, 6) is 0. The van der Waals surface area contributed by atoms with E-state index in [0.29, 0.717) is 12.1 Å². The first-order chi connectivity index (χ1) is 7.00. The van der Waals surface area contributed by atoms with Gasteiger partial charge in [0.15, 0.2) is 0 Å². The Labute approximate surface area is 92.9 Å². The van der Waals surface area contributed by atoms with Gasteiger partial charge in [0.2, 0.25) is 0 Å². The predicted molar refractivity (Wildman–Crippen MR) is 65.3 cm³/mol. The average Bonchev–Trinajstić information content (AvgIpc) is 2.12. The Balaban J connectivity index is 2.45. The fourth-order valence-electron chi connectivity index (χ4n) is 2.64. The predicted octanol–water partition coefficient (Wildman–Crippen LogP) is 3.34. The van der Waals surface area contributed by atoms with Crippen LogP contribution in [0.3, 0.4) is 0 Å². The second-order valence-corrected chi connectivity index (χ2v) is 5.03. The van der Waals surface area contributed by atoms with Crippen molar-refractivity contribution >= 4 is 0 Å². The molecule has 1 heteroatoms. The third-order valence-corrected chi connectivity index (χ3v) is 3.85. The van der Waals surface area contributed by atoms with Crippen molar-refractivity contribution < 1.29 is 0 Å². The third-order valence-electron chi connectivity index (χ3n) is 3.85. The minimum atomic E-state index is 0.596. The highest BCUT2D eigenvalue weighted by Crippen LogP contribution is 2.34. The van der Waals surface area contributed by atoms with Crippen LogP contribution in [-0.4, -0.2) is 6.04 Å². The quantitative estimate of drug-likeness (QED) is 0.738. The molecule has 1 heterocycles. The van der Waals surface area contributed by atoms with Crippen LogP contribution in [0.4, 0.5) is 0 Å². The lowest BCUT2D eigenvalue weighted by Crippen LogP contribution is -2.44. The van der Waals surface area contributed by atoms with Crippen molar-refractivity contribution in [3.05, 3.63) is 33.9 Å². The highest BCUT2D eigenvalue weighted by atomic mass is 15.0. The standard InChI is InChI=1S/C14H21N/c1-8-6-9(2)12(5)14(11(8)4)13-7-10(3)15-13/h6,10,13,15H,7H2,1-5H3. The Hall–Kier alpha value is -0.820. The zero-order chi connectivity index (χ0) is 11.2. The van der Waals surface area contributed by atoms with Gasteiger partial charge in [-0.3, -0.25) is 0 Å². The number of aryl methyl sites for hydroxylation is 2. The molecule has 2 atom stereocenters. The second-order valence-electron chi connectivity index (χ2n) is 5.03. The molecule has 1 aliphatic heterocycles. The molecule has 1 nitrogen and oxygen atoms in total. The summed E-state index contributed by atoms with van der Waals surface area (Å²) in [6.45, 7) is 11.2. The van der Waals surface area contributed by atoms with Gasteiger partial charge in [0, 0.05) is 12.1 Å². The molecule has 0 saturated carbocycles. The number of rotatable bonds is 1. The lowest BCUT2D eigenvalue weighted by molar-refractivity contribution is 0.286. The summed E-state index contributed by atoms with van der Waals surface area (Å²) in [5.41, 5.74) is 7.35. The maximum absolute atomic E-state index is 3.60. The van der Waals surface area contributed by atoms with E-state index >= 15 is 0 Å². The van der Waals surface area contributed by atoms with Gasteiger partial charge in [-0.25, -0.2) is 0 Å². The van der Waals surface area contributed by atoms with Gasteiger partial charge in [-0.05, 0) is 68.9 Å². The van der Waals surface area contributed by atoms with E-state index in [4.69, 9.17) is 0 Å². The summed E-state index contributed by atoms with van der Waals surface area (Å²) in [5, 5.41) is 3.60. The molecule has 82 valence electrons. The monoisotopic (exact) mass is 203 g/mol. The number of benzene rings is 1. The zero-order valence-electron chi connectivity index (χ0n) is 10.4. The second kappa shape index (κ2) is 3.64. The Morgan fingerprint density at radius 1 is 1.07 bits per heavy atom. The van der Waals surface area contributed by atoms with E-state index in [1.807, 2.05) is 0 Å². The van der Waals surface area contributed by atoms with Gasteiger partial charge in [0.1, 0.15) is 0 Å². The van der Waals surface area contributed by atoms with Crippen LogP contribution in [0.25, 0.3) is 0 Å². The topological polar surface area (TPSA) is 12.0 Å². The molecule has 2 unspecified atom stereocenters. The molecule has 2 rings (SSSR count). The fourth-order valence-corrected chi connectivity index (χ4v) is 2.64. The minimum absolute atomic E-state index is 0.596. The molecule has 15 heavy (non-hydrogen) atoms. The van der Waals surface area contributed by atoms with Gasteiger partial charge in [-0.2, -0.15) is 0 Å². The lowest BCUT2D eigenvalue weighted by atomic mass is 9.83. The van der Waals surface area contributed by atoms with E-state index < -0.39 is 0 Å². The Morgan fingerprint density at radius 2 is 1.53 bits per heavy atom. The highest BCUT2D eigenvalue weighted by Gasteiger charge is 2.28. The van der Waals surface area contributed by atoms with Crippen LogP contribution in [0, 0.1) is 27.7 Å². The molecule has 0 aromatic heterocycles. The molecule has 0 bridgehead atoms. The molecule has 1 saturated heterocycles. The van der Waals surface area contributed by atoms with Gasteiger partial charge >= 0.3 is 0 Å². The summed E-state index contributed by atoms with van der Waals surface area (Å²) in [6, 6.07) is 3.59. The fraction of sp³-hybridized carbons (Fsp3) is 0.571. The first-order valence-electron chi connectivity index (χ1n) is 5.84. The summed E-state index contributed by atoms with van der Waals surface area (Å²) in [4.78, 5) is 0. The molecular weight excluding hydrogens is 182 g/mol.